The number of nitrogens with two attached hydrogens (primary N) is 1. The predicted octanol–water partition coefficient (Wildman–Crippen LogP) is 2.23. The maximum absolute atomic E-state index is 12.3. The third kappa shape index (κ3) is 2.93. The second-order valence-corrected chi connectivity index (χ2v) is 4.36. The van der Waals surface area contributed by atoms with Crippen LogP contribution < -0.4 is 5.73 Å². The second-order valence-electron chi connectivity index (χ2n) is 4.36. The van der Waals surface area contributed by atoms with Gasteiger partial charge in [-0.25, -0.2) is 0 Å². The summed E-state index contributed by atoms with van der Waals surface area (Å²) >= 11 is 0. The van der Waals surface area contributed by atoms with Crippen molar-refractivity contribution in [3.63, 3.8) is 0 Å². The minimum absolute atomic E-state index is 0.0712. The summed E-state index contributed by atoms with van der Waals surface area (Å²) in [5.41, 5.74) is 7.91. The van der Waals surface area contributed by atoms with E-state index in [2.05, 4.69) is 5.16 Å². The van der Waals surface area contributed by atoms with Crippen molar-refractivity contribution in [2.45, 2.75) is 20.4 Å². The van der Waals surface area contributed by atoms with E-state index in [0.29, 0.717) is 30.1 Å². The lowest BCUT2D eigenvalue weighted by molar-refractivity contribution is 0.0751. The number of nitrogen functional groups attached to an aromatic ring is 1. The molecule has 0 unspecified atom stereocenters. The van der Waals surface area contributed by atoms with Gasteiger partial charge >= 0.3 is 0 Å². The summed E-state index contributed by atoms with van der Waals surface area (Å²) in [6, 6.07) is 7.51. The molecule has 2 rings (SSSR count). The Bertz CT molecular complexity index is 560. The van der Waals surface area contributed by atoms with Crippen LogP contribution in [0, 0.1) is 6.92 Å². The molecular formula is C14H17N3O2. The molecule has 5 heteroatoms. The average molecular weight is 259 g/mol. The number of carbonyl (C=O) groups is 1. The van der Waals surface area contributed by atoms with Gasteiger partial charge in [0.2, 0.25) is 0 Å². The SMILES string of the molecule is CCN(Cc1ccc(N)cc1)C(=O)c1cnoc1C. The molecule has 5 nitrogen and oxygen atoms in total. The first-order valence-corrected chi connectivity index (χ1v) is 6.16. The van der Waals surface area contributed by atoms with Crippen molar-refractivity contribution in [3.05, 3.63) is 47.3 Å². The highest BCUT2D eigenvalue weighted by Gasteiger charge is 2.19. The van der Waals surface area contributed by atoms with Crippen LogP contribution in [-0.2, 0) is 6.54 Å². The lowest BCUT2D eigenvalue weighted by Crippen LogP contribution is -2.30. The van der Waals surface area contributed by atoms with Crippen LogP contribution in [0.15, 0.2) is 35.0 Å². The van der Waals surface area contributed by atoms with Gasteiger partial charge in [0.05, 0.1) is 6.20 Å². The van der Waals surface area contributed by atoms with Gasteiger partial charge in [-0.2, -0.15) is 0 Å². The number of aryl methyl sites for hydroxylation is 1. The number of carbonyl (C=O) groups excluding carboxylic acids is 1. The first-order valence-electron chi connectivity index (χ1n) is 6.16. The Hall–Kier alpha value is -2.30. The van der Waals surface area contributed by atoms with Crippen molar-refractivity contribution in [1.29, 1.82) is 0 Å². The fourth-order valence-corrected chi connectivity index (χ4v) is 1.84. The highest BCUT2D eigenvalue weighted by atomic mass is 16.5. The molecule has 2 aromatic rings. The Kier molecular flexibility index (Phi) is 3.85. The fraction of sp³-hybridized carbons (Fsp3) is 0.286. The van der Waals surface area contributed by atoms with Gasteiger partial charge < -0.3 is 15.2 Å². The minimum atomic E-state index is -0.0712. The van der Waals surface area contributed by atoms with Crippen molar-refractivity contribution < 1.29 is 9.32 Å². The molecule has 0 atom stereocenters. The molecule has 0 aliphatic heterocycles. The van der Waals surface area contributed by atoms with Gasteiger partial charge in [0, 0.05) is 18.8 Å². The maximum atomic E-state index is 12.3. The molecule has 0 fully saturated rings. The number of amides is 1. The van der Waals surface area contributed by atoms with Crippen LogP contribution in [0.4, 0.5) is 5.69 Å². The van der Waals surface area contributed by atoms with E-state index in [0.717, 1.165) is 5.56 Å². The zero-order valence-corrected chi connectivity index (χ0v) is 11.1. The van der Waals surface area contributed by atoms with E-state index >= 15 is 0 Å². The summed E-state index contributed by atoms with van der Waals surface area (Å²) in [5, 5.41) is 3.64. The number of benzene rings is 1. The lowest BCUT2D eigenvalue weighted by Gasteiger charge is -2.20. The zero-order valence-electron chi connectivity index (χ0n) is 11.1. The molecule has 100 valence electrons. The van der Waals surface area contributed by atoms with E-state index in [4.69, 9.17) is 10.3 Å². The third-order valence-corrected chi connectivity index (χ3v) is 3.00. The number of nitrogens with zero attached hydrogens (tertiary/aromatic N) is 2. The molecule has 1 amide bonds. The van der Waals surface area contributed by atoms with Gasteiger partial charge in [-0.05, 0) is 31.5 Å². The molecule has 0 saturated heterocycles. The first-order chi connectivity index (χ1) is 9.11. The topological polar surface area (TPSA) is 72.4 Å². The van der Waals surface area contributed by atoms with Gasteiger partial charge in [-0.3, -0.25) is 4.79 Å². The maximum Gasteiger partial charge on any atom is 0.259 e. The molecule has 19 heavy (non-hydrogen) atoms. The quantitative estimate of drug-likeness (QED) is 0.854. The van der Waals surface area contributed by atoms with Crippen LogP contribution in [-0.4, -0.2) is 22.5 Å². The van der Waals surface area contributed by atoms with E-state index in [1.54, 1.807) is 11.8 Å². The monoisotopic (exact) mass is 259 g/mol. The van der Waals surface area contributed by atoms with Gasteiger partial charge in [0.25, 0.3) is 5.91 Å². The van der Waals surface area contributed by atoms with E-state index in [-0.39, 0.29) is 5.91 Å². The standard InChI is InChI=1S/C14H17N3O2/c1-3-17(9-11-4-6-12(15)7-5-11)14(18)13-8-16-19-10(13)2/h4-8H,3,9,15H2,1-2H3. The average Bonchev–Trinajstić information content (AvgIpc) is 2.83. The molecule has 0 aliphatic rings. The van der Waals surface area contributed by atoms with Gasteiger partial charge in [-0.15, -0.1) is 0 Å². The van der Waals surface area contributed by atoms with Crippen LogP contribution in [0.1, 0.15) is 28.6 Å². The first kappa shape index (κ1) is 13.1. The molecule has 0 spiro atoms. The third-order valence-electron chi connectivity index (χ3n) is 3.00. The molecule has 1 aromatic heterocycles. The molecule has 0 bridgehead atoms. The number of hydrogen-bond acceptors (Lipinski definition) is 4. The fourth-order valence-electron chi connectivity index (χ4n) is 1.84. The van der Waals surface area contributed by atoms with Crippen LogP contribution in [0.2, 0.25) is 0 Å². The largest absolute Gasteiger partial charge is 0.399 e. The highest BCUT2D eigenvalue weighted by molar-refractivity contribution is 5.94. The molecule has 1 aromatic carbocycles. The smallest absolute Gasteiger partial charge is 0.259 e. The summed E-state index contributed by atoms with van der Waals surface area (Å²) in [5.74, 6) is 0.471. The highest BCUT2D eigenvalue weighted by Crippen LogP contribution is 2.14. The molecule has 0 aliphatic carbocycles. The Labute approximate surface area is 112 Å². The number of hydrogen-bond donors (Lipinski definition) is 1. The Morgan fingerprint density at radius 1 is 1.37 bits per heavy atom. The second kappa shape index (κ2) is 5.56. The van der Waals surface area contributed by atoms with Gasteiger partial charge in [-0.1, -0.05) is 17.3 Å². The number of aromatic nitrogens is 1. The number of anilines is 1. The Morgan fingerprint density at radius 2 is 2.05 bits per heavy atom. The van der Waals surface area contributed by atoms with Crippen LogP contribution in [0.25, 0.3) is 0 Å². The van der Waals surface area contributed by atoms with Crippen LogP contribution >= 0.6 is 0 Å². The summed E-state index contributed by atoms with van der Waals surface area (Å²) < 4.78 is 4.93. The van der Waals surface area contributed by atoms with Crippen molar-refractivity contribution in [2.75, 3.05) is 12.3 Å². The molecule has 1 heterocycles. The van der Waals surface area contributed by atoms with E-state index in [1.807, 2.05) is 31.2 Å². The normalized spacial score (nSPS) is 10.4. The summed E-state index contributed by atoms with van der Waals surface area (Å²) in [6.07, 6.45) is 1.46. The summed E-state index contributed by atoms with van der Waals surface area (Å²) in [4.78, 5) is 14.1. The van der Waals surface area contributed by atoms with Gasteiger partial charge in [0.15, 0.2) is 0 Å². The Morgan fingerprint density at radius 3 is 2.58 bits per heavy atom. The molecule has 0 saturated carbocycles. The van der Waals surface area contributed by atoms with Crippen molar-refractivity contribution >= 4 is 11.6 Å². The molecular weight excluding hydrogens is 242 g/mol. The summed E-state index contributed by atoms with van der Waals surface area (Å²) in [6.45, 7) is 4.84. The molecule has 0 radical (unpaired) electrons. The zero-order chi connectivity index (χ0) is 13.8. The number of rotatable bonds is 4. The Balaban J connectivity index is 2.14. The minimum Gasteiger partial charge on any atom is -0.399 e. The van der Waals surface area contributed by atoms with E-state index in [1.165, 1.54) is 6.20 Å². The van der Waals surface area contributed by atoms with Crippen LogP contribution in [0.3, 0.4) is 0 Å². The van der Waals surface area contributed by atoms with E-state index < -0.39 is 0 Å². The van der Waals surface area contributed by atoms with Crippen molar-refractivity contribution in [3.8, 4) is 0 Å². The van der Waals surface area contributed by atoms with Crippen molar-refractivity contribution in [1.82, 2.24) is 10.1 Å². The van der Waals surface area contributed by atoms with Crippen LogP contribution in [0.5, 0.6) is 0 Å². The van der Waals surface area contributed by atoms with Crippen molar-refractivity contribution in [2.24, 2.45) is 0 Å². The summed E-state index contributed by atoms with van der Waals surface area (Å²) in [7, 11) is 0. The molecule has 2 N–H and O–H groups in total. The lowest BCUT2D eigenvalue weighted by atomic mass is 10.1. The van der Waals surface area contributed by atoms with E-state index in [9.17, 15) is 4.79 Å². The predicted molar refractivity (Wildman–Crippen MR) is 72.5 cm³/mol. The van der Waals surface area contributed by atoms with Gasteiger partial charge in [0.1, 0.15) is 11.3 Å².